The van der Waals surface area contributed by atoms with Crippen molar-refractivity contribution in [3.8, 4) is 5.75 Å². The van der Waals surface area contributed by atoms with Crippen LogP contribution in [0, 0.1) is 5.92 Å². The van der Waals surface area contributed by atoms with Crippen molar-refractivity contribution in [1.82, 2.24) is 4.90 Å². The zero-order valence-corrected chi connectivity index (χ0v) is 15.6. The SMILES string of the molecule is COc1cc2c(cc1N)C[C@H]1C3CCCC[C@]23CCN1C.Cl.Cl. The Labute approximate surface area is 151 Å². The number of benzene rings is 1. The largest absolute Gasteiger partial charge is 0.495 e. The second-order valence-electron chi connectivity index (χ2n) is 7.26. The van der Waals surface area contributed by atoms with Crippen LogP contribution in [-0.4, -0.2) is 31.6 Å². The summed E-state index contributed by atoms with van der Waals surface area (Å²) in [5.74, 6) is 1.69. The van der Waals surface area contributed by atoms with E-state index in [2.05, 4.69) is 24.1 Å². The van der Waals surface area contributed by atoms with Crippen LogP contribution in [0.2, 0.25) is 0 Å². The molecule has 3 atom stereocenters. The minimum atomic E-state index is 0. The van der Waals surface area contributed by atoms with E-state index in [-0.39, 0.29) is 24.8 Å². The molecule has 1 unspecified atom stereocenters. The lowest BCUT2D eigenvalue weighted by molar-refractivity contribution is 0.00277. The monoisotopic (exact) mass is 358 g/mol. The molecule has 2 aliphatic carbocycles. The summed E-state index contributed by atoms with van der Waals surface area (Å²) in [4.78, 5) is 2.59. The Bertz CT molecular complexity index is 580. The molecule has 0 aromatic heterocycles. The molecule has 1 saturated carbocycles. The van der Waals surface area contributed by atoms with Crippen LogP contribution in [0.4, 0.5) is 5.69 Å². The van der Waals surface area contributed by atoms with Crippen LogP contribution in [0.15, 0.2) is 12.1 Å². The third-order valence-corrected chi connectivity index (χ3v) is 6.46. The first-order valence-corrected chi connectivity index (χ1v) is 8.33. The first kappa shape index (κ1) is 18.7. The van der Waals surface area contributed by atoms with Crippen molar-refractivity contribution in [2.24, 2.45) is 5.92 Å². The fraction of sp³-hybridized carbons (Fsp3) is 0.667. The molecule has 23 heavy (non-hydrogen) atoms. The molecule has 1 aromatic carbocycles. The Hall–Kier alpha value is -0.640. The third-order valence-electron chi connectivity index (χ3n) is 6.46. The molecular formula is C18H28Cl2N2O. The number of hydrogen-bond donors (Lipinski definition) is 1. The number of likely N-dealkylation sites (N-methyl/N-ethyl adjacent to an activating group) is 1. The molecule has 5 heteroatoms. The Morgan fingerprint density at radius 1 is 1.22 bits per heavy atom. The minimum absolute atomic E-state index is 0. The van der Waals surface area contributed by atoms with Gasteiger partial charge in [-0.25, -0.2) is 0 Å². The van der Waals surface area contributed by atoms with E-state index < -0.39 is 0 Å². The van der Waals surface area contributed by atoms with Gasteiger partial charge < -0.3 is 15.4 Å². The van der Waals surface area contributed by atoms with Gasteiger partial charge in [-0.05, 0) is 68.5 Å². The average molecular weight is 359 g/mol. The number of methoxy groups -OCH3 is 1. The van der Waals surface area contributed by atoms with Gasteiger partial charge in [-0.3, -0.25) is 0 Å². The van der Waals surface area contributed by atoms with Crippen LogP contribution >= 0.6 is 24.8 Å². The van der Waals surface area contributed by atoms with Gasteiger partial charge in [0.2, 0.25) is 0 Å². The maximum atomic E-state index is 6.17. The maximum Gasteiger partial charge on any atom is 0.142 e. The third kappa shape index (κ3) is 2.61. The average Bonchev–Trinajstić information content (AvgIpc) is 2.50. The molecule has 1 aliphatic heterocycles. The Morgan fingerprint density at radius 3 is 2.74 bits per heavy atom. The zero-order valence-electron chi connectivity index (χ0n) is 14.0. The van der Waals surface area contributed by atoms with Gasteiger partial charge in [0, 0.05) is 11.5 Å². The van der Waals surface area contributed by atoms with E-state index >= 15 is 0 Å². The summed E-state index contributed by atoms with van der Waals surface area (Å²) >= 11 is 0. The second kappa shape index (κ2) is 6.70. The fourth-order valence-electron chi connectivity index (χ4n) is 5.43. The van der Waals surface area contributed by atoms with Crippen LogP contribution in [0.5, 0.6) is 5.75 Å². The molecule has 2 fully saturated rings. The molecule has 1 aromatic rings. The number of hydrogen-bond acceptors (Lipinski definition) is 3. The molecule has 3 aliphatic rings. The standard InChI is InChI=1S/C18H26N2O.2ClH/c1-20-8-7-18-6-4-3-5-13(18)16(20)10-12-9-15(19)17(21-2)11-14(12)18;;/h9,11,13,16H,3-8,10,19H2,1-2H3;2*1H/t13?,16-,18+;;/m0../s1. The van der Waals surface area contributed by atoms with Crippen molar-refractivity contribution in [3.63, 3.8) is 0 Å². The lowest BCUT2D eigenvalue weighted by Gasteiger charge is -2.58. The lowest BCUT2D eigenvalue weighted by atomic mass is 9.52. The molecule has 2 N–H and O–H groups in total. The van der Waals surface area contributed by atoms with E-state index in [0.717, 1.165) is 23.8 Å². The molecular weight excluding hydrogens is 331 g/mol. The van der Waals surface area contributed by atoms with Crippen molar-refractivity contribution in [3.05, 3.63) is 23.3 Å². The number of halogens is 2. The number of anilines is 1. The number of ether oxygens (including phenoxy) is 1. The van der Waals surface area contributed by atoms with Gasteiger partial charge in [-0.2, -0.15) is 0 Å². The van der Waals surface area contributed by atoms with Gasteiger partial charge in [0.15, 0.2) is 0 Å². The van der Waals surface area contributed by atoms with Gasteiger partial charge in [0.05, 0.1) is 12.8 Å². The quantitative estimate of drug-likeness (QED) is 0.775. The summed E-state index contributed by atoms with van der Waals surface area (Å²) in [7, 11) is 4.04. The highest BCUT2D eigenvalue weighted by Crippen LogP contribution is 2.56. The molecule has 0 spiro atoms. The Balaban J connectivity index is 0.000000960. The smallest absolute Gasteiger partial charge is 0.142 e. The second-order valence-corrected chi connectivity index (χ2v) is 7.26. The van der Waals surface area contributed by atoms with Gasteiger partial charge in [0.1, 0.15) is 5.75 Å². The molecule has 3 nitrogen and oxygen atoms in total. The fourth-order valence-corrected chi connectivity index (χ4v) is 5.43. The number of rotatable bonds is 1. The predicted molar refractivity (Wildman–Crippen MR) is 100 cm³/mol. The van der Waals surface area contributed by atoms with Gasteiger partial charge >= 0.3 is 0 Å². The van der Waals surface area contributed by atoms with Crippen LogP contribution < -0.4 is 10.5 Å². The van der Waals surface area contributed by atoms with E-state index in [1.54, 1.807) is 12.7 Å². The summed E-state index contributed by atoms with van der Waals surface area (Å²) in [6.07, 6.45) is 7.97. The van der Waals surface area contributed by atoms with Crippen molar-refractivity contribution >= 4 is 30.5 Å². The van der Waals surface area contributed by atoms with Crippen molar-refractivity contribution in [2.75, 3.05) is 26.4 Å². The highest BCUT2D eigenvalue weighted by molar-refractivity contribution is 5.85. The van der Waals surface area contributed by atoms with E-state index in [1.807, 2.05) is 0 Å². The summed E-state index contributed by atoms with van der Waals surface area (Å²) in [5.41, 5.74) is 10.4. The minimum Gasteiger partial charge on any atom is -0.495 e. The number of fused-ring (bicyclic) bond motifs is 1. The number of nitrogen functional groups attached to an aromatic ring is 1. The van der Waals surface area contributed by atoms with E-state index in [1.165, 1.54) is 44.2 Å². The first-order valence-electron chi connectivity index (χ1n) is 8.33. The molecule has 4 rings (SSSR count). The van der Waals surface area contributed by atoms with Crippen LogP contribution in [0.1, 0.15) is 43.2 Å². The van der Waals surface area contributed by atoms with E-state index in [9.17, 15) is 0 Å². The van der Waals surface area contributed by atoms with E-state index in [0.29, 0.717) is 11.5 Å². The van der Waals surface area contributed by atoms with E-state index in [4.69, 9.17) is 10.5 Å². The summed E-state index contributed by atoms with van der Waals surface area (Å²) in [6.45, 7) is 1.23. The highest BCUT2D eigenvalue weighted by atomic mass is 35.5. The normalized spacial score (nSPS) is 31.9. The van der Waals surface area contributed by atoms with Crippen molar-refractivity contribution in [1.29, 1.82) is 0 Å². The van der Waals surface area contributed by atoms with Gasteiger partial charge in [-0.1, -0.05) is 12.8 Å². The predicted octanol–water partition coefficient (Wildman–Crippen LogP) is 3.81. The lowest BCUT2D eigenvalue weighted by Crippen LogP contribution is -2.59. The van der Waals surface area contributed by atoms with Crippen molar-refractivity contribution < 1.29 is 4.74 Å². The number of nitrogens with two attached hydrogens (primary N) is 1. The molecule has 1 heterocycles. The number of nitrogens with zero attached hydrogens (tertiary/aromatic N) is 1. The van der Waals surface area contributed by atoms with Crippen LogP contribution in [-0.2, 0) is 11.8 Å². The molecule has 130 valence electrons. The number of likely N-dealkylation sites (tertiary alicyclic amines) is 1. The van der Waals surface area contributed by atoms with Gasteiger partial charge in [-0.15, -0.1) is 24.8 Å². The summed E-state index contributed by atoms with van der Waals surface area (Å²) < 4.78 is 5.51. The zero-order chi connectivity index (χ0) is 14.6. The molecule has 1 saturated heterocycles. The maximum absolute atomic E-state index is 6.17. The molecule has 0 amide bonds. The first-order chi connectivity index (χ1) is 10.2. The Morgan fingerprint density at radius 2 is 2.00 bits per heavy atom. The van der Waals surface area contributed by atoms with Crippen LogP contribution in [0.25, 0.3) is 0 Å². The number of piperidine rings is 1. The topological polar surface area (TPSA) is 38.5 Å². The van der Waals surface area contributed by atoms with Gasteiger partial charge in [0.25, 0.3) is 0 Å². The highest BCUT2D eigenvalue weighted by Gasteiger charge is 2.53. The van der Waals surface area contributed by atoms with Crippen molar-refractivity contribution in [2.45, 2.75) is 50.0 Å². The summed E-state index contributed by atoms with van der Waals surface area (Å²) in [6, 6.07) is 5.16. The molecule has 2 bridgehead atoms. The molecule has 0 radical (unpaired) electrons. The Kier molecular flexibility index (Phi) is 5.44. The van der Waals surface area contributed by atoms with Crippen LogP contribution in [0.3, 0.4) is 0 Å². The summed E-state index contributed by atoms with van der Waals surface area (Å²) in [5, 5.41) is 0.